The van der Waals surface area contributed by atoms with Crippen LogP contribution in [0.4, 0.5) is 0 Å². The third-order valence-electron chi connectivity index (χ3n) is 4.33. The van der Waals surface area contributed by atoms with Gasteiger partial charge in [0.1, 0.15) is 5.78 Å². The Morgan fingerprint density at radius 1 is 1.30 bits per heavy atom. The summed E-state index contributed by atoms with van der Waals surface area (Å²) in [4.78, 5) is 23.3. The maximum Gasteiger partial charge on any atom is 0.307 e. The molecule has 0 aliphatic heterocycles. The van der Waals surface area contributed by atoms with Gasteiger partial charge in [-0.25, -0.2) is 0 Å². The Morgan fingerprint density at radius 2 is 1.90 bits per heavy atom. The molecule has 116 valence electrons. The maximum atomic E-state index is 12.1. The van der Waals surface area contributed by atoms with E-state index in [0.29, 0.717) is 12.8 Å². The zero-order chi connectivity index (χ0) is 15.5. The van der Waals surface area contributed by atoms with Crippen molar-refractivity contribution in [2.45, 2.75) is 51.2 Å². The molecule has 0 aromatic heterocycles. The zero-order valence-corrected chi connectivity index (χ0v) is 12.6. The molecule has 0 amide bonds. The first-order chi connectivity index (χ1) is 9.16. The molecule has 2 N–H and O–H groups in total. The highest BCUT2D eigenvalue weighted by molar-refractivity contribution is 7.86. The molecule has 1 aliphatic carbocycles. The second-order valence-electron chi connectivity index (χ2n) is 5.65. The molecule has 1 rings (SSSR count). The summed E-state index contributed by atoms with van der Waals surface area (Å²) in [5.74, 6) is -2.47. The molecule has 0 heterocycles. The summed E-state index contributed by atoms with van der Waals surface area (Å²) in [6, 6.07) is 0. The number of hydrogen-bond donors (Lipinski definition) is 2. The lowest BCUT2D eigenvalue weighted by Gasteiger charge is -2.19. The van der Waals surface area contributed by atoms with Gasteiger partial charge in [0, 0.05) is 12.3 Å². The molecule has 20 heavy (non-hydrogen) atoms. The first-order valence-corrected chi connectivity index (χ1v) is 8.38. The van der Waals surface area contributed by atoms with Gasteiger partial charge in [0.25, 0.3) is 10.1 Å². The average Bonchev–Trinajstić information content (AvgIpc) is 2.83. The van der Waals surface area contributed by atoms with Gasteiger partial charge in [-0.2, -0.15) is 8.42 Å². The SMILES string of the molecule is CC[C@H](C)[C@H](CC(=O)C1CCC(S(=O)(=O)O)C1)C(=O)O. The van der Waals surface area contributed by atoms with E-state index in [1.807, 2.05) is 6.92 Å². The Labute approximate surface area is 119 Å². The Morgan fingerprint density at radius 3 is 2.30 bits per heavy atom. The van der Waals surface area contributed by atoms with Crippen LogP contribution >= 0.6 is 0 Å². The van der Waals surface area contributed by atoms with Crippen LogP contribution in [0.2, 0.25) is 0 Å². The van der Waals surface area contributed by atoms with Gasteiger partial charge in [-0.3, -0.25) is 14.1 Å². The fraction of sp³-hybridized carbons (Fsp3) is 0.846. The Hall–Kier alpha value is -0.950. The average molecular weight is 306 g/mol. The van der Waals surface area contributed by atoms with Crippen molar-refractivity contribution in [2.75, 3.05) is 0 Å². The van der Waals surface area contributed by atoms with Crippen LogP contribution < -0.4 is 0 Å². The van der Waals surface area contributed by atoms with Gasteiger partial charge in [0.2, 0.25) is 0 Å². The monoisotopic (exact) mass is 306 g/mol. The summed E-state index contributed by atoms with van der Waals surface area (Å²) < 4.78 is 31.1. The lowest BCUT2D eigenvalue weighted by Crippen LogP contribution is -2.27. The van der Waals surface area contributed by atoms with Gasteiger partial charge in [0.05, 0.1) is 11.2 Å². The number of aliphatic carboxylic acids is 1. The topological polar surface area (TPSA) is 109 Å². The number of carbonyl (C=O) groups excluding carboxylic acids is 1. The Kier molecular flexibility index (Phi) is 5.70. The van der Waals surface area contributed by atoms with Crippen LogP contribution in [0.15, 0.2) is 0 Å². The molecular formula is C13H22O6S. The van der Waals surface area contributed by atoms with Gasteiger partial charge in [0.15, 0.2) is 0 Å². The first-order valence-electron chi connectivity index (χ1n) is 6.88. The van der Waals surface area contributed by atoms with Gasteiger partial charge in [-0.1, -0.05) is 20.3 Å². The number of rotatable bonds is 7. The zero-order valence-electron chi connectivity index (χ0n) is 11.8. The highest BCUT2D eigenvalue weighted by Crippen LogP contribution is 2.33. The van der Waals surface area contributed by atoms with Crippen LogP contribution in [0.25, 0.3) is 0 Å². The van der Waals surface area contributed by atoms with E-state index in [9.17, 15) is 18.0 Å². The van der Waals surface area contributed by atoms with Crippen molar-refractivity contribution >= 4 is 21.9 Å². The van der Waals surface area contributed by atoms with E-state index in [1.54, 1.807) is 6.92 Å². The number of ketones is 1. The van der Waals surface area contributed by atoms with E-state index in [4.69, 9.17) is 9.66 Å². The molecule has 0 aromatic carbocycles. The molecule has 6 nitrogen and oxygen atoms in total. The highest BCUT2D eigenvalue weighted by Gasteiger charge is 2.38. The number of Topliss-reactive ketones (excluding diaryl/α,β-unsaturated/α-hetero) is 1. The largest absolute Gasteiger partial charge is 0.481 e. The van der Waals surface area contributed by atoms with E-state index in [-0.39, 0.29) is 31.0 Å². The first kappa shape index (κ1) is 17.1. The van der Waals surface area contributed by atoms with Crippen molar-refractivity contribution in [3.8, 4) is 0 Å². The number of carboxylic acid groups (broad SMARTS) is 1. The highest BCUT2D eigenvalue weighted by atomic mass is 32.2. The Bertz CT molecular complexity index is 469. The summed E-state index contributed by atoms with van der Waals surface area (Å²) in [6.45, 7) is 3.66. The lowest BCUT2D eigenvalue weighted by atomic mass is 9.84. The van der Waals surface area contributed by atoms with Crippen molar-refractivity contribution in [2.24, 2.45) is 17.8 Å². The van der Waals surface area contributed by atoms with Crippen LogP contribution in [0.3, 0.4) is 0 Å². The number of carbonyl (C=O) groups is 2. The van der Waals surface area contributed by atoms with Crippen LogP contribution in [-0.2, 0) is 19.7 Å². The van der Waals surface area contributed by atoms with Crippen molar-refractivity contribution in [1.82, 2.24) is 0 Å². The smallest absolute Gasteiger partial charge is 0.307 e. The van der Waals surface area contributed by atoms with Crippen molar-refractivity contribution < 1.29 is 27.7 Å². The summed E-state index contributed by atoms with van der Waals surface area (Å²) in [5.41, 5.74) is 0. The van der Waals surface area contributed by atoms with Crippen molar-refractivity contribution in [3.05, 3.63) is 0 Å². The van der Waals surface area contributed by atoms with Gasteiger partial charge in [-0.05, 0) is 25.2 Å². The van der Waals surface area contributed by atoms with Gasteiger partial charge < -0.3 is 5.11 Å². The molecule has 1 saturated carbocycles. The van der Waals surface area contributed by atoms with Crippen LogP contribution in [-0.4, -0.2) is 35.1 Å². The summed E-state index contributed by atoms with van der Waals surface area (Å²) in [7, 11) is -4.10. The molecule has 0 bridgehead atoms. The van der Waals surface area contributed by atoms with Crippen molar-refractivity contribution in [1.29, 1.82) is 0 Å². The lowest BCUT2D eigenvalue weighted by molar-refractivity contribution is -0.146. The number of hydrogen-bond acceptors (Lipinski definition) is 4. The van der Waals surface area contributed by atoms with Crippen LogP contribution in [0.5, 0.6) is 0 Å². The molecule has 0 aromatic rings. The van der Waals surface area contributed by atoms with E-state index < -0.39 is 33.2 Å². The summed E-state index contributed by atoms with van der Waals surface area (Å²) >= 11 is 0. The Balaban J connectivity index is 2.65. The van der Waals surface area contributed by atoms with Crippen LogP contribution in [0, 0.1) is 17.8 Å². The standard InChI is InChI=1S/C13H22O6S/c1-3-8(2)11(13(15)16)7-12(14)9-4-5-10(6-9)20(17,18)19/h8-11H,3-7H2,1-2H3,(H,15,16)(H,17,18,19)/t8-,9?,10?,11-/m0/s1. The third kappa shape index (κ3) is 4.28. The molecule has 1 aliphatic rings. The fourth-order valence-corrected chi connectivity index (χ4v) is 3.61. The molecular weight excluding hydrogens is 284 g/mol. The molecule has 2 unspecified atom stereocenters. The third-order valence-corrected chi connectivity index (χ3v) is 5.60. The normalized spacial score (nSPS) is 26.1. The molecule has 1 fully saturated rings. The van der Waals surface area contributed by atoms with E-state index in [2.05, 4.69) is 0 Å². The van der Waals surface area contributed by atoms with E-state index in [0.717, 1.165) is 0 Å². The minimum Gasteiger partial charge on any atom is -0.481 e. The molecule has 0 spiro atoms. The predicted molar refractivity (Wildman–Crippen MR) is 72.9 cm³/mol. The summed E-state index contributed by atoms with van der Waals surface area (Å²) in [5, 5.41) is 8.27. The van der Waals surface area contributed by atoms with E-state index in [1.165, 1.54) is 0 Å². The predicted octanol–water partition coefficient (Wildman–Crippen LogP) is 1.75. The minimum absolute atomic E-state index is 0.0623. The fourth-order valence-electron chi connectivity index (χ4n) is 2.70. The molecule has 4 atom stereocenters. The maximum absolute atomic E-state index is 12.1. The van der Waals surface area contributed by atoms with Crippen molar-refractivity contribution in [3.63, 3.8) is 0 Å². The molecule has 0 saturated heterocycles. The molecule has 0 radical (unpaired) electrons. The van der Waals surface area contributed by atoms with Gasteiger partial charge >= 0.3 is 5.97 Å². The van der Waals surface area contributed by atoms with Crippen LogP contribution in [0.1, 0.15) is 46.0 Å². The number of carboxylic acids is 1. The van der Waals surface area contributed by atoms with Gasteiger partial charge in [-0.15, -0.1) is 0 Å². The van der Waals surface area contributed by atoms with E-state index >= 15 is 0 Å². The quantitative estimate of drug-likeness (QED) is 0.694. The minimum atomic E-state index is -4.10. The second kappa shape index (κ2) is 6.67. The molecule has 7 heteroatoms. The second-order valence-corrected chi connectivity index (χ2v) is 7.34. The summed E-state index contributed by atoms with van der Waals surface area (Å²) in [6.07, 6.45) is 1.37.